The number of hydrogen-bond donors (Lipinski definition) is 3. The quantitative estimate of drug-likeness (QED) is 0.304. The highest BCUT2D eigenvalue weighted by Gasteiger charge is 2.20. The van der Waals surface area contributed by atoms with Crippen molar-refractivity contribution in [2.24, 2.45) is 0 Å². The van der Waals surface area contributed by atoms with Gasteiger partial charge in [0.25, 0.3) is 0 Å². The molecule has 7 heteroatoms. The average molecular weight is 479 g/mol. The molecule has 0 saturated heterocycles. The normalized spacial score (nSPS) is 14.4. The largest absolute Gasteiger partial charge is 0.454 e. The van der Waals surface area contributed by atoms with Crippen LogP contribution in [-0.4, -0.2) is 42.7 Å². The molecule has 0 aliphatic carbocycles. The number of para-hydroxylation sites is 1. The number of H-pyrrole nitrogens is 1. The van der Waals surface area contributed by atoms with Gasteiger partial charge in [0.2, 0.25) is 6.79 Å². The zero-order valence-corrected chi connectivity index (χ0v) is 19.4. The number of aromatic amines is 1. The van der Waals surface area contributed by atoms with Crippen LogP contribution in [0.15, 0.2) is 72.9 Å². The van der Waals surface area contributed by atoms with E-state index >= 15 is 0 Å². The summed E-state index contributed by atoms with van der Waals surface area (Å²) in [5.41, 5.74) is 4.29. The van der Waals surface area contributed by atoms with Crippen LogP contribution in [0.1, 0.15) is 22.6 Å². The predicted octanol–water partition coefficient (Wildman–Crippen LogP) is 4.85. The highest BCUT2D eigenvalue weighted by atomic mass is 35.5. The Kier molecular flexibility index (Phi) is 7.02. The number of aromatic nitrogens is 1. The maximum atomic E-state index is 10.5. The molecule has 1 aromatic heterocycles. The van der Waals surface area contributed by atoms with E-state index in [9.17, 15) is 5.11 Å². The lowest BCUT2D eigenvalue weighted by atomic mass is 9.90. The highest BCUT2D eigenvalue weighted by molar-refractivity contribution is 6.31. The summed E-state index contributed by atoms with van der Waals surface area (Å²) in [6.45, 7) is 1.91. The van der Waals surface area contributed by atoms with Crippen LogP contribution < -0.4 is 14.8 Å². The molecule has 1 aliphatic heterocycles. The molecule has 2 atom stereocenters. The van der Waals surface area contributed by atoms with Crippen molar-refractivity contribution >= 4 is 22.5 Å². The molecular formula is C27H27ClN2O4. The smallest absolute Gasteiger partial charge is 0.231 e. The summed E-state index contributed by atoms with van der Waals surface area (Å²) in [5, 5.41) is 15.8. The lowest BCUT2D eigenvalue weighted by molar-refractivity contribution is 0.0288. The number of halogens is 1. The van der Waals surface area contributed by atoms with E-state index in [1.807, 2.05) is 54.7 Å². The molecular weight excluding hydrogens is 452 g/mol. The fourth-order valence-corrected chi connectivity index (χ4v) is 4.59. The number of aliphatic hydroxyl groups excluding tert-OH is 1. The second kappa shape index (κ2) is 10.5. The van der Waals surface area contributed by atoms with Crippen molar-refractivity contribution in [1.29, 1.82) is 0 Å². The van der Waals surface area contributed by atoms with Crippen molar-refractivity contribution in [2.45, 2.75) is 18.6 Å². The first-order valence-corrected chi connectivity index (χ1v) is 11.7. The van der Waals surface area contributed by atoms with Crippen molar-refractivity contribution < 1.29 is 19.3 Å². The number of fused-ring (bicyclic) bond motifs is 2. The molecule has 1 aliphatic rings. The minimum absolute atomic E-state index is 0.0339. The Morgan fingerprint density at radius 2 is 1.79 bits per heavy atom. The molecule has 0 spiro atoms. The molecule has 0 amide bonds. The summed E-state index contributed by atoms with van der Waals surface area (Å²) in [6.07, 6.45) is 1.41. The molecule has 0 saturated carbocycles. The van der Waals surface area contributed by atoms with Crippen molar-refractivity contribution in [3.8, 4) is 11.5 Å². The van der Waals surface area contributed by atoms with E-state index in [2.05, 4.69) is 28.5 Å². The molecule has 34 heavy (non-hydrogen) atoms. The summed E-state index contributed by atoms with van der Waals surface area (Å²) in [5.74, 6) is 1.51. The Labute approximate surface area is 203 Å². The van der Waals surface area contributed by atoms with Gasteiger partial charge < -0.3 is 29.6 Å². The fourth-order valence-electron chi connectivity index (χ4n) is 4.32. The summed E-state index contributed by atoms with van der Waals surface area (Å²) >= 11 is 6.57. The van der Waals surface area contributed by atoms with E-state index in [0.29, 0.717) is 19.7 Å². The van der Waals surface area contributed by atoms with Crippen LogP contribution >= 0.6 is 11.6 Å². The van der Waals surface area contributed by atoms with E-state index in [0.717, 1.165) is 33.2 Å². The summed E-state index contributed by atoms with van der Waals surface area (Å²) in [6, 6.07) is 21.9. The van der Waals surface area contributed by atoms with Gasteiger partial charge in [-0.05, 0) is 41.0 Å². The third-order valence-corrected chi connectivity index (χ3v) is 6.37. The van der Waals surface area contributed by atoms with Gasteiger partial charge in [-0.3, -0.25) is 0 Å². The van der Waals surface area contributed by atoms with Gasteiger partial charge in [0, 0.05) is 41.1 Å². The molecule has 0 radical (unpaired) electrons. The maximum absolute atomic E-state index is 10.5. The van der Waals surface area contributed by atoms with Gasteiger partial charge in [0.1, 0.15) is 0 Å². The van der Waals surface area contributed by atoms with Gasteiger partial charge in [-0.25, -0.2) is 0 Å². The van der Waals surface area contributed by atoms with Crippen LogP contribution in [0.5, 0.6) is 11.5 Å². The van der Waals surface area contributed by atoms with Crippen LogP contribution in [0.2, 0.25) is 5.02 Å². The zero-order chi connectivity index (χ0) is 23.3. The molecule has 0 unspecified atom stereocenters. The Bertz CT molecular complexity index is 1260. The minimum Gasteiger partial charge on any atom is -0.454 e. The lowest BCUT2D eigenvalue weighted by Gasteiger charge is -2.21. The number of aliphatic hydroxyl groups is 1. The van der Waals surface area contributed by atoms with Gasteiger partial charge in [0.15, 0.2) is 11.5 Å². The average Bonchev–Trinajstić information content (AvgIpc) is 3.49. The van der Waals surface area contributed by atoms with Crippen molar-refractivity contribution in [2.75, 3.05) is 26.5 Å². The van der Waals surface area contributed by atoms with Crippen LogP contribution in [0.3, 0.4) is 0 Å². The van der Waals surface area contributed by atoms with E-state index in [4.69, 9.17) is 25.8 Å². The first kappa shape index (κ1) is 22.7. The molecule has 0 fully saturated rings. The van der Waals surface area contributed by atoms with Crippen molar-refractivity contribution in [1.82, 2.24) is 10.3 Å². The molecule has 2 heterocycles. The van der Waals surface area contributed by atoms with Gasteiger partial charge in [0.05, 0.1) is 19.3 Å². The Balaban J connectivity index is 1.19. The molecule has 3 aromatic carbocycles. The van der Waals surface area contributed by atoms with E-state index in [1.54, 1.807) is 0 Å². The third kappa shape index (κ3) is 5.05. The van der Waals surface area contributed by atoms with E-state index in [-0.39, 0.29) is 19.3 Å². The summed E-state index contributed by atoms with van der Waals surface area (Å²) in [4.78, 5) is 3.36. The SMILES string of the molecule is O[C@H](CNC[C@@H](c1ccccc1Cl)c1c[nH]c2ccccc12)COCc1ccc2c(c1)OCO2. The Hall–Kier alpha value is -3.03. The standard InChI is InChI=1S/C27H27ClN2O4/c28-24-7-3-1-5-20(24)22(23-14-30-25-8-4-2-6-21(23)25)13-29-12-19(31)16-32-15-18-9-10-26-27(11-18)34-17-33-26/h1-11,14,19,22,29-31H,12-13,15-17H2/t19-,22+/m1/s1. The Morgan fingerprint density at radius 1 is 0.971 bits per heavy atom. The van der Waals surface area contributed by atoms with Gasteiger partial charge >= 0.3 is 0 Å². The van der Waals surface area contributed by atoms with Crippen LogP contribution in [0.25, 0.3) is 10.9 Å². The second-order valence-electron chi connectivity index (χ2n) is 8.38. The number of ether oxygens (including phenoxy) is 3. The van der Waals surface area contributed by atoms with Gasteiger partial charge in [-0.1, -0.05) is 54.1 Å². The first-order valence-electron chi connectivity index (χ1n) is 11.3. The molecule has 5 rings (SSSR count). The number of nitrogens with one attached hydrogen (secondary N) is 2. The second-order valence-corrected chi connectivity index (χ2v) is 8.79. The number of rotatable bonds is 10. The molecule has 0 bridgehead atoms. The molecule has 176 valence electrons. The lowest BCUT2D eigenvalue weighted by Crippen LogP contribution is -2.33. The predicted molar refractivity (Wildman–Crippen MR) is 133 cm³/mol. The fraction of sp³-hybridized carbons (Fsp3) is 0.259. The minimum atomic E-state index is -0.635. The van der Waals surface area contributed by atoms with Crippen LogP contribution in [-0.2, 0) is 11.3 Å². The number of hydrogen-bond acceptors (Lipinski definition) is 5. The molecule has 4 aromatic rings. The van der Waals surface area contributed by atoms with Crippen LogP contribution in [0.4, 0.5) is 0 Å². The van der Waals surface area contributed by atoms with Crippen molar-refractivity contribution in [3.05, 3.63) is 94.6 Å². The topological polar surface area (TPSA) is 75.7 Å². The maximum Gasteiger partial charge on any atom is 0.231 e. The van der Waals surface area contributed by atoms with E-state index in [1.165, 1.54) is 10.9 Å². The summed E-state index contributed by atoms with van der Waals surface area (Å²) in [7, 11) is 0. The summed E-state index contributed by atoms with van der Waals surface area (Å²) < 4.78 is 16.4. The zero-order valence-electron chi connectivity index (χ0n) is 18.7. The van der Waals surface area contributed by atoms with Crippen LogP contribution in [0, 0.1) is 0 Å². The highest BCUT2D eigenvalue weighted by Crippen LogP contribution is 2.34. The first-order chi connectivity index (χ1) is 16.7. The van der Waals surface area contributed by atoms with Gasteiger partial charge in [-0.2, -0.15) is 0 Å². The number of benzene rings is 3. The molecule has 3 N–H and O–H groups in total. The van der Waals surface area contributed by atoms with Gasteiger partial charge in [-0.15, -0.1) is 0 Å². The molecule has 6 nitrogen and oxygen atoms in total. The van der Waals surface area contributed by atoms with E-state index < -0.39 is 6.10 Å². The Morgan fingerprint density at radius 3 is 2.71 bits per heavy atom. The van der Waals surface area contributed by atoms with Crippen molar-refractivity contribution in [3.63, 3.8) is 0 Å². The monoisotopic (exact) mass is 478 g/mol. The third-order valence-electron chi connectivity index (χ3n) is 6.02.